The quantitative estimate of drug-likeness (QED) is 0.234. The second-order valence-electron chi connectivity index (χ2n) is 6.43. The van der Waals surface area contributed by atoms with Gasteiger partial charge in [-0.3, -0.25) is 4.79 Å². The predicted molar refractivity (Wildman–Crippen MR) is 126 cm³/mol. The molecule has 0 bridgehead atoms. The molecule has 2 heterocycles. The highest BCUT2D eigenvalue weighted by molar-refractivity contribution is 8.01. The highest BCUT2D eigenvalue weighted by atomic mass is 32.2. The molecule has 1 amide bonds. The average Bonchev–Trinajstić information content (AvgIpc) is 3.31. The summed E-state index contributed by atoms with van der Waals surface area (Å²) in [7, 11) is 1.61. The van der Waals surface area contributed by atoms with Crippen LogP contribution in [0.1, 0.15) is 25.6 Å². The lowest BCUT2D eigenvalue weighted by Crippen LogP contribution is -2.14. The first-order chi connectivity index (χ1) is 14.6. The largest absolute Gasteiger partial charge is 0.377 e. The van der Waals surface area contributed by atoms with Crippen molar-refractivity contribution in [2.75, 3.05) is 23.9 Å². The van der Waals surface area contributed by atoms with Crippen molar-refractivity contribution in [3.05, 3.63) is 36.7 Å². The Kier molecular flexibility index (Phi) is 8.74. The van der Waals surface area contributed by atoms with E-state index in [9.17, 15) is 4.79 Å². The summed E-state index contributed by atoms with van der Waals surface area (Å²) in [6, 6.07) is 5.83. The van der Waals surface area contributed by atoms with Crippen LogP contribution < -0.4 is 5.32 Å². The minimum Gasteiger partial charge on any atom is -0.377 e. The van der Waals surface area contributed by atoms with Crippen molar-refractivity contribution >= 4 is 56.7 Å². The second kappa shape index (κ2) is 11.5. The number of carbonyl (C=O) groups excluding carboxylic acids is 1. The third-order valence-electron chi connectivity index (χ3n) is 4.09. The standard InChI is InChI=1S/C20H25N5O2S3/c1-4-6-10-28-20-22-15-8-7-14(11-16(15)30-20)21-18(26)13-29-19-24-23-17(12-27-3)25(19)9-5-2/h5,7-8,11H,2,4,6,9-10,12-13H2,1,3H3,(H,21,26). The van der Waals surface area contributed by atoms with Gasteiger partial charge < -0.3 is 14.6 Å². The number of thiazole rings is 1. The summed E-state index contributed by atoms with van der Waals surface area (Å²) in [5.74, 6) is 1.94. The van der Waals surface area contributed by atoms with Crippen molar-refractivity contribution in [1.29, 1.82) is 0 Å². The number of carbonyl (C=O) groups is 1. The lowest BCUT2D eigenvalue weighted by Gasteiger charge is -2.07. The summed E-state index contributed by atoms with van der Waals surface area (Å²) in [4.78, 5) is 17.1. The maximum atomic E-state index is 12.5. The number of rotatable bonds is 12. The van der Waals surface area contributed by atoms with Crippen LogP contribution in [0.3, 0.4) is 0 Å². The molecule has 3 rings (SSSR count). The number of fused-ring (bicyclic) bond motifs is 1. The van der Waals surface area contributed by atoms with E-state index in [4.69, 9.17) is 4.74 Å². The van der Waals surface area contributed by atoms with E-state index in [2.05, 4.69) is 34.0 Å². The maximum absolute atomic E-state index is 12.5. The summed E-state index contributed by atoms with van der Waals surface area (Å²) < 4.78 is 9.20. The number of hydrogen-bond donors (Lipinski definition) is 1. The van der Waals surface area contributed by atoms with E-state index in [1.807, 2.05) is 22.8 Å². The molecule has 7 nitrogen and oxygen atoms in total. The maximum Gasteiger partial charge on any atom is 0.234 e. The van der Waals surface area contributed by atoms with E-state index in [1.54, 1.807) is 36.3 Å². The predicted octanol–water partition coefficient (Wildman–Crippen LogP) is 4.84. The number of unbranched alkanes of at least 4 members (excludes halogenated alkanes) is 1. The van der Waals surface area contributed by atoms with Crippen LogP contribution in [-0.4, -0.2) is 44.3 Å². The summed E-state index contributed by atoms with van der Waals surface area (Å²) >= 11 is 4.80. The van der Waals surface area contributed by atoms with Crippen LogP contribution in [0.4, 0.5) is 5.69 Å². The number of allylic oxidation sites excluding steroid dienone is 1. The number of anilines is 1. The lowest BCUT2D eigenvalue weighted by molar-refractivity contribution is -0.113. The van der Waals surface area contributed by atoms with Crippen LogP contribution in [0, 0.1) is 0 Å². The Bertz CT molecular complexity index is 1000. The monoisotopic (exact) mass is 463 g/mol. The number of aromatic nitrogens is 4. The Hall–Kier alpha value is -1.88. The highest BCUT2D eigenvalue weighted by Crippen LogP contribution is 2.31. The first kappa shape index (κ1) is 22.8. The summed E-state index contributed by atoms with van der Waals surface area (Å²) in [5.41, 5.74) is 1.74. The smallest absolute Gasteiger partial charge is 0.234 e. The third-order valence-corrected chi connectivity index (χ3v) is 7.30. The van der Waals surface area contributed by atoms with Crippen molar-refractivity contribution in [2.45, 2.75) is 42.4 Å². The summed E-state index contributed by atoms with van der Waals surface area (Å²) in [6.07, 6.45) is 4.14. The molecule has 3 aromatic rings. The fourth-order valence-electron chi connectivity index (χ4n) is 2.65. The number of benzene rings is 1. The van der Waals surface area contributed by atoms with E-state index in [-0.39, 0.29) is 11.7 Å². The number of hydrogen-bond acceptors (Lipinski definition) is 8. The highest BCUT2D eigenvalue weighted by Gasteiger charge is 2.14. The van der Waals surface area contributed by atoms with Gasteiger partial charge in [-0.2, -0.15) is 0 Å². The van der Waals surface area contributed by atoms with Gasteiger partial charge in [0.2, 0.25) is 5.91 Å². The van der Waals surface area contributed by atoms with Gasteiger partial charge in [-0.15, -0.1) is 28.1 Å². The van der Waals surface area contributed by atoms with Crippen molar-refractivity contribution in [3.63, 3.8) is 0 Å². The van der Waals surface area contributed by atoms with Gasteiger partial charge in [-0.1, -0.05) is 42.9 Å². The number of amides is 1. The molecular weight excluding hydrogens is 438 g/mol. The molecule has 0 aliphatic carbocycles. The van der Waals surface area contributed by atoms with Crippen molar-refractivity contribution in [1.82, 2.24) is 19.7 Å². The Balaban J connectivity index is 1.59. The van der Waals surface area contributed by atoms with Crippen LogP contribution in [0.15, 0.2) is 40.4 Å². The second-order valence-corrected chi connectivity index (χ2v) is 9.75. The molecule has 0 aliphatic rings. The zero-order chi connectivity index (χ0) is 21.3. The Morgan fingerprint density at radius 2 is 2.23 bits per heavy atom. The summed E-state index contributed by atoms with van der Waals surface area (Å²) in [6.45, 7) is 6.88. The lowest BCUT2D eigenvalue weighted by atomic mass is 10.3. The van der Waals surface area contributed by atoms with E-state index in [0.29, 0.717) is 24.1 Å². The molecule has 0 fully saturated rings. The number of nitrogens with one attached hydrogen (secondary N) is 1. The molecule has 0 saturated heterocycles. The normalized spacial score (nSPS) is 11.1. The van der Waals surface area contributed by atoms with E-state index in [0.717, 1.165) is 26.0 Å². The zero-order valence-electron chi connectivity index (χ0n) is 17.1. The Morgan fingerprint density at radius 1 is 1.37 bits per heavy atom. The fraction of sp³-hybridized carbons (Fsp3) is 0.400. The first-order valence-electron chi connectivity index (χ1n) is 9.62. The van der Waals surface area contributed by atoms with Gasteiger partial charge in [-0.25, -0.2) is 4.98 Å². The number of ether oxygens (including phenoxy) is 1. The molecule has 160 valence electrons. The van der Waals surface area contributed by atoms with Crippen LogP contribution in [0.2, 0.25) is 0 Å². The molecule has 0 saturated carbocycles. The zero-order valence-corrected chi connectivity index (χ0v) is 19.5. The molecule has 10 heteroatoms. The molecule has 0 atom stereocenters. The van der Waals surface area contributed by atoms with Crippen molar-refractivity contribution in [2.24, 2.45) is 0 Å². The van der Waals surface area contributed by atoms with E-state index in [1.165, 1.54) is 24.6 Å². The molecule has 0 aliphatic heterocycles. The Labute approximate surface area is 188 Å². The molecule has 0 spiro atoms. The van der Waals surface area contributed by atoms with Gasteiger partial charge in [0.05, 0.1) is 16.0 Å². The third kappa shape index (κ3) is 6.07. The molecule has 2 aromatic heterocycles. The number of methoxy groups -OCH3 is 1. The SMILES string of the molecule is C=CCn1c(COC)nnc1SCC(=O)Nc1ccc2nc(SCCCC)sc2c1. The average molecular weight is 464 g/mol. The first-order valence-corrected chi connectivity index (χ1v) is 12.4. The minimum absolute atomic E-state index is 0.0946. The van der Waals surface area contributed by atoms with E-state index >= 15 is 0 Å². The minimum atomic E-state index is -0.0946. The number of thioether (sulfide) groups is 2. The van der Waals surface area contributed by atoms with E-state index < -0.39 is 0 Å². The topological polar surface area (TPSA) is 81.9 Å². The van der Waals surface area contributed by atoms with Gasteiger partial charge in [0.1, 0.15) is 6.61 Å². The molecule has 30 heavy (non-hydrogen) atoms. The van der Waals surface area contributed by atoms with Gasteiger partial charge in [0.25, 0.3) is 0 Å². The van der Waals surface area contributed by atoms with Crippen LogP contribution in [0.25, 0.3) is 10.2 Å². The Morgan fingerprint density at radius 3 is 3.00 bits per heavy atom. The molecule has 0 radical (unpaired) electrons. The molecule has 1 N–H and O–H groups in total. The molecular formula is C20H25N5O2S3. The summed E-state index contributed by atoms with van der Waals surface area (Å²) in [5, 5.41) is 11.9. The van der Waals surface area contributed by atoms with Gasteiger partial charge in [0, 0.05) is 25.1 Å². The van der Waals surface area contributed by atoms with Crippen LogP contribution in [-0.2, 0) is 22.7 Å². The van der Waals surface area contributed by atoms with Crippen LogP contribution in [0.5, 0.6) is 0 Å². The van der Waals surface area contributed by atoms with Gasteiger partial charge in [-0.05, 0) is 24.6 Å². The fourth-order valence-corrected chi connectivity index (χ4v) is 5.68. The number of nitrogens with zero attached hydrogens (tertiary/aromatic N) is 4. The van der Waals surface area contributed by atoms with Crippen LogP contribution >= 0.6 is 34.9 Å². The van der Waals surface area contributed by atoms with Crippen molar-refractivity contribution < 1.29 is 9.53 Å². The molecule has 0 unspecified atom stereocenters. The van der Waals surface area contributed by atoms with Gasteiger partial charge in [0.15, 0.2) is 15.3 Å². The molecule has 1 aromatic carbocycles. The van der Waals surface area contributed by atoms with Crippen molar-refractivity contribution in [3.8, 4) is 0 Å². The van der Waals surface area contributed by atoms with Gasteiger partial charge >= 0.3 is 0 Å².